The summed E-state index contributed by atoms with van der Waals surface area (Å²) >= 11 is 1.59. The molecule has 2 rings (SSSR count). The van der Waals surface area contributed by atoms with Gasteiger partial charge in [0, 0.05) is 18.3 Å². The largest absolute Gasteiger partial charge is 0.393 e. The average Bonchev–Trinajstić information content (AvgIpc) is 2.95. The van der Waals surface area contributed by atoms with Crippen LogP contribution < -0.4 is 5.32 Å². The zero-order chi connectivity index (χ0) is 16.7. The third-order valence-electron chi connectivity index (χ3n) is 3.67. The second kappa shape index (κ2) is 8.79. The number of hydrogen-bond acceptors (Lipinski definition) is 4. The fraction of sp³-hybridized carbons (Fsp3) is 0.444. The van der Waals surface area contributed by atoms with E-state index in [-0.39, 0.29) is 17.9 Å². The van der Waals surface area contributed by atoms with Gasteiger partial charge < -0.3 is 10.4 Å². The Morgan fingerprint density at radius 2 is 2.04 bits per heavy atom. The number of benzene rings is 1. The summed E-state index contributed by atoms with van der Waals surface area (Å²) in [6.45, 7) is 4.44. The van der Waals surface area contributed by atoms with Crippen LogP contribution in [0.2, 0.25) is 0 Å². The molecule has 1 heterocycles. The number of carbonyl (C=O) groups excluding carboxylic acids is 1. The van der Waals surface area contributed by atoms with E-state index in [1.165, 1.54) is 5.56 Å². The summed E-state index contributed by atoms with van der Waals surface area (Å²) in [5.41, 5.74) is 2.03. The van der Waals surface area contributed by atoms with Crippen molar-refractivity contribution in [2.45, 2.75) is 39.2 Å². The molecule has 0 aliphatic heterocycles. The maximum absolute atomic E-state index is 11.9. The summed E-state index contributed by atoms with van der Waals surface area (Å²) in [6.07, 6.45) is 1.31. The molecule has 0 saturated heterocycles. The number of nitrogens with zero attached hydrogens (tertiary/aromatic N) is 1. The number of rotatable bonds is 8. The van der Waals surface area contributed by atoms with E-state index < -0.39 is 0 Å². The van der Waals surface area contributed by atoms with Gasteiger partial charge in [0.25, 0.3) is 0 Å². The molecule has 0 fully saturated rings. The van der Waals surface area contributed by atoms with Crippen molar-refractivity contribution in [2.75, 3.05) is 6.54 Å². The normalized spacial score (nSPS) is 12.3. The number of aliphatic hydroxyl groups excluding tert-OH is 1. The highest BCUT2D eigenvalue weighted by molar-refractivity contribution is 7.09. The topological polar surface area (TPSA) is 62.2 Å². The van der Waals surface area contributed by atoms with E-state index in [0.29, 0.717) is 19.4 Å². The van der Waals surface area contributed by atoms with Crippen LogP contribution in [-0.4, -0.2) is 28.6 Å². The van der Waals surface area contributed by atoms with Gasteiger partial charge in [0.1, 0.15) is 0 Å². The number of carbonyl (C=O) groups is 1. The minimum absolute atomic E-state index is 0.0440. The monoisotopic (exact) mass is 332 g/mol. The van der Waals surface area contributed by atoms with Gasteiger partial charge >= 0.3 is 0 Å². The molecule has 0 bridgehead atoms. The van der Waals surface area contributed by atoms with Gasteiger partial charge in [0.15, 0.2) is 0 Å². The molecule has 0 aliphatic rings. The van der Waals surface area contributed by atoms with Crippen LogP contribution in [0.4, 0.5) is 0 Å². The van der Waals surface area contributed by atoms with Crippen LogP contribution >= 0.6 is 11.3 Å². The third-order valence-corrected chi connectivity index (χ3v) is 4.57. The Hall–Kier alpha value is -1.72. The summed E-state index contributed by atoms with van der Waals surface area (Å²) in [5, 5.41) is 15.5. The fourth-order valence-electron chi connectivity index (χ4n) is 2.20. The van der Waals surface area contributed by atoms with Crippen molar-refractivity contribution >= 4 is 17.2 Å². The minimum Gasteiger partial charge on any atom is -0.393 e. The maximum Gasteiger partial charge on any atom is 0.226 e. The van der Waals surface area contributed by atoms with E-state index >= 15 is 0 Å². The van der Waals surface area contributed by atoms with E-state index in [0.717, 1.165) is 17.1 Å². The molecule has 1 atom stereocenters. The van der Waals surface area contributed by atoms with Gasteiger partial charge in [0.2, 0.25) is 5.91 Å². The quantitative estimate of drug-likeness (QED) is 0.781. The second-order valence-corrected chi connectivity index (χ2v) is 6.96. The molecule has 4 nitrogen and oxygen atoms in total. The van der Waals surface area contributed by atoms with Gasteiger partial charge in [0.05, 0.1) is 23.2 Å². The molecular formula is C18H24N2O2S. The van der Waals surface area contributed by atoms with Gasteiger partial charge in [-0.05, 0) is 17.9 Å². The van der Waals surface area contributed by atoms with Crippen LogP contribution in [0.25, 0.3) is 0 Å². The number of nitrogens with one attached hydrogen (secondary N) is 1. The van der Waals surface area contributed by atoms with Crippen molar-refractivity contribution < 1.29 is 9.90 Å². The van der Waals surface area contributed by atoms with Crippen molar-refractivity contribution in [1.82, 2.24) is 10.3 Å². The summed E-state index contributed by atoms with van der Waals surface area (Å²) in [7, 11) is 0. The molecule has 0 spiro atoms. The molecule has 2 aromatic rings. The Morgan fingerprint density at radius 1 is 1.30 bits per heavy atom. The molecule has 1 amide bonds. The van der Waals surface area contributed by atoms with Gasteiger partial charge in [-0.2, -0.15) is 0 Å². The molecule has 0 saturated carbocycles. The van der Waals surface area contributed by atoms with Crippen LogP contribution in [0.5, 0.6) is 0 Å². The highest BCUT2D eigenvalue weighted by Gasteiger charge is 2.11. The van der Waals surface area contributed by atoms with Gasteiger partial charge in [-0.1, -0.05) is 44.2 Å². The summed E-state index contributed by atoms with van der Waals surface area (Å²) in [6, 6.07) is 10.2. The summed E-state index contributed by atoms with van der Waals surface area (Å²) in [4.78, 5) is 16.4. The highest BCUT2D eigenvalue weighted by Crippen LogP contribution is 2.15. The molecule has 5 heteroatoms. The molecule has 1 aromatic carbocycles. The van der Waals surface area contributed by atoms with Crippen molar-refractivity contribution in [3.63, 3.8) is 0 Å². The first kappa shape index (κ1) is 17.6. The predicted octanol–water partition coefficient (Wildman–Crippen LogP) is 2.80. The lowest BCUT2D eigenvalue weighted by atomic mass is 10.0. The van der Waals surface area contributed by atoms with E-state index in [4.69, 9.17) is 0 Å². The molecule has 124 valence electrons. The Kier molecular flexibility index (Phi) is 6.74. The Bertz CT molecular complexity index is 610. The number of hydrogen-bond donors (Lipinski definition) is 2. The fourth-order valence-corrected chi connectivity index (χ4v) is 3.03. The van der Waals surface area contributed by atoms with Crippen molar-refractivity contribution in [3.05, 3.63) is 52.0 Å². The first-order chi connectivity index (χ1) is 11.0. The molecule has 2 N–H and O–H groups in total. The molecule has 1 unspecified atom stereocenters. The van der Waals surface area contributed by atoms with Crippen LogP contribution in [0.3, 0.4) is 0 Å². The van der Waals surface area contributed by atoms with Crippen molar-refractivity contribution in [1.29, 1.82) is 0 Å². The Balaban J connectivity index is 1.76. The van der Waals surface area contributed by atoms with Crippen molar-refractivity contribution in [3.8, 4) is 0 Å². The zero-order valence-corrected chi connectivity index (χ0v) is 14.5. The second-order valence-electron chi connectivity index (χ2n) is 6.02. The number of amides is 1. The minimum atomic E-state index is -0.368. The SMILES string of the molecule is CC(C)C(O)CCNC(=O)Cc1csc(Cc2ccccc2)n1. The molecule has 0 radical (unpaired) electrons. The molecule has 1 aromatic heterocycles. The third kappa shape index (κ3) is 6.12. The molecular weight excluding hydrogens is 308 g/mol. The Morgan fingerprint density at radius 3 is 2.74 bits per heavy atom. The standard InChI is InChI=1S/C18H24N2O2S/c1-13(2)16(21)8-9-19-17(22)11-15-12-23-18(20-15)10-14-6-4-3-5-7-14/h3-7,12-13,16,21H,8-11H2,1-2H3,(H,19,22). The number of thiazole rings is 1. The van der Waals surface area contributed by atoms with E-state index in [1.807, 2.05) is 37.4 Å². The lowest BCUT2D eigenvalue weighted by Crippen LogP contribution is -2.29. The lowest BCUT2D eigenvalue weighted by molar-refractivity contribution is -0.120. The van der Waals surface area contributed by atoms with Crippen LogP contribution in [0.15, 0.2) is 35.7 Å². The van der Waals surface area contributed by atoms with Gasteiger partial charge in [-0.25, -0.2) is 4.98 Å². The number of aromatic nitrogens is 1. The maximum atomic E-state index is 11.9. The van der Waals surface area contributed by atoms with Gasteiger partial charge in [-0.3, -0.25) is 4.79 Å². The number of aliphatic hydroxyl groups is 1. The molecule has 23 heavy (non-hydrogen) atoms. The molecule has 0 aliphatic carbocycles. The summed E-state index contributed by atoms with van der Waals surface area (Å²) < 4.78 is 0. The average molecular weight is 332 g/mol. The highest BCUT2D eigenvalue weighted by atomic mass is 32.1. The first-order valence-corrected chi connectivity index (χ1v) is 8.84. The van der Waals surface area contributed by atoms with E-state index in [1.54, 1.807) is 11.3 Å². The zero-order valence-electron chi connectivity index (χ0n) is 13.7. The smallest absolute Gasteiger partial charge is 0.226 e. The van der Waals surface area contributed by atoms with Crippen LogP contribution in [-0.2, 0) is 17.6 Å². The summed E-state index contributed by atoms with van der Waals surface area (Å²) in [5.74, 6) is 0.170. The lowest BCUT2D eigenvalue weighted by Gasteiger charge is -2.14. The van der Waals surface area contributed by atoms with Gasteiger partial charge in [-0.15, -0.1) is 11.3 Å². The van der Waals surface area contributed by atoms with Crippen LogP contribution in [0, 0.1) is 5.92 Å². The predicted molar refractivity (Wildman–Crippen MR) is 93.5 cm³/mol. The van der Waals surface area contributed by atoms with Crippen molar-refractivity contribution in [2.24, 2.45) is 5.92 Å². The van der Waals surface area contributed by atoms with E-state index in [9.17, 15) is 9.90 Å². The van der Waals surface area contributed by atoms with E-state index in [2.05, 4.69) is 22.4 Å². The Labute approximate surface area is 141 Å². The first-order valence-electron chi connectivity index (χ1n) is 7.96. The van der Waals surface area contributed by atoms with Crippen LogP contribution in [0.1, 0.15) is 36.5 Å².